The molecule has 1 aliphatic rings. The molecule has 0 radical (unpaired) electrons. The molecule has 0 aliphatic heterocycles. The largest absolute Gasteiger partial charge is 0.355 e. The van der Waals surface area contributed by atoms with Gasteiger partial charge in [-0.2, -0.15) is 0 Å². The maximum atomic E-state index is 12.7. The molecular weight excluding hydrogens is 324 g/mol. The summed E-state index contributed by atoms with van der Waals surface area (Å²) in [4.78, 5) is 25.2. The van der Waals surface area contributed by atoms with Gasteiger partial charge in [0.1, 0.15) is 5.41 Å². The molecule has 3 rings (SSSR count). The van der Waals surface area contributed by atoms with Crippen molar-refractivity contribution in [2.75, 3.05) is 11.9 Å². The molecule has 0 bridgehead atoms. The van der Waals surface area contributed by atoms with Crippen LogP contribution in [0.15, 0.2) is 48.5 Å². The number of nitrogens with one attached hydrogen (secondary N) is 2. The Bertz CT molecular complexity index is 795. The predicted octanol–water partition coefficient (Wildman–Crippen LogP) is 3.77. The van der Waals surface area contributed by atoms with E-state index in [0.29, 0.717) is 19.4 Å². The summed E-state index contributed by atoms with van der Waals surface area (Å²) in [5.74, 6) is -0.333. The van der Waals surface area contributed by atoms with Gasteiger partial charge in [-0.05, 0) is 62.3 Å². The fraction of sp³-hybridized carbons (Fsp3) is 0.364. The zero-order valence-electron chi connectivity index (χ0n) is 15.5. The van der Waals surface area contributed by atoms with E-state index in [4.69, 9.17) is 0 Å². The van der Waals surface area contributed by atoms with Gasteiger partial charge in [0.05, 0.1) is 0 Å². The molecule has 0 saturated heterocycles. The van der Waals surface area contributed by atoms with Crippen LogP contribution < -0.4 is 10.6 Å². The molecule has 0 spiro atoms. The lowest BCUT2D eigenvalue weighted by Gasteiger charge is -2.17. The fourth-order valence-electron chi connectivity index (χ4n) is 3.10. The topological polar surface area (TPSA) is 58.2 Å². The van der Waals surface area contributed by atoms with E-state index in [9.17, 15) is 9.59 Å². The number of benzene rings is 2. The highest BCUT2D eigenvalue weighted by molar-refractivity contribution is 6.13. The molecule has 4 nitrogen and oxygen atoms in total. The van der Waals surface area contributed by atoms with E-state index in [1.165, 1.54) is 5.56 Å². The molecule has 0 heterocycles. The van der Waals surface area contributed by atoms with Gasteiger partial charge in [0, 0.05) is 12.2 Å². The third-order valence-electron chi connectivity index (χ3n) is 5.03. The number of aryl methyl sites for hydroxylation is 3. The lowest BCUT2D eigenvalue weighted by molar-refractivity contribution is -0.134. The van der Waals surface area contributed by atoms with Crippen LogP contribution in [0, 0.1) is 19.3 Å². The number of rotatable bonds is 7. The van der Waals surface area contributed by atoms with Crippen LogP contribution in [0.25, 0.3) is 0 Å². The molecule has 2 aromatic rings. The Morgan fingerprint density at radius 1 is 1.00 bits per heavy atom. The molecule has 4 heteroatoms. The summed E-state index contributed by atoms with van der Waals surface area (Å²) in [6, 6.07) is 16.1. The zero-order chi connectivity index (χ0) is 18.6. The van der Waals surface area contributed by atoms with Gasteiger partial charge < -0.3 is 10.6 Å². The Hall–Kier alpha value is -2.62. The summed E-state index contributed by atoms with van der Waals surface area (Å²) in [6.45, 7) is 4.53. The standard InChI is InChI=1S/C22H26N2O2/c1-16-10-11-17(2)19(15-16)24-21(26)22(12-13-22)20(25)23-14-6-9-18-7-4-3-5-8-18/h3-5,7-8,10-11,15H,6,9,12-14H2,1-2H3,(H,23,25)(H,24,26). The second-order valence-corrected chi connectivity index (χ2v) is 7.20. The van der Waals surface area contributed by atoms with Crippen LogP contribution in [0.1, 0.15) is 36.0 Å². The highest BCUT2D eigenvalue weighted by Gasteiger charge is 2.56. The normalized spacial score (nSPS) is 14.5. The first-order valence-corrected chi connectivity index (χ1v) is 9.22. The quantitative estimate of drug-likeness (QED) is 0.590. The molecule has 0 unspecified atom stereocenters. The molecule has 0 aromatic heterocycles. The Labute approximate surface area is 155 Å². The minimum Gasteiger partial charge on any atom is -0.355 e. The smallest absolute Gasteiger partial charge is 0.240 e. The first-order chi connectivity index (χ1) is 12.5. The molecular formula is C22H26N2O2. The van der Waals surface area contributed by atoms with E-state index in [0.717, 1.165) is 29.7 Å². The minimum absolute atomic E-state index is 0.145. The van der Waals surface area contributed by atoms with Gasteiger partial charge in [-0.15, -0.1) is 0 Å². The van der Waals surface area contributed by atoms with Crippen LogP contribution in [-0.2, 0) is 16.0 Å². The molecule has 2 N–H and O–H groups in total. The number of amides is 2. The lowest BCUT2D eigenvalue weighted by Crippen LogP contribution is -2.40. The van der Waals surface area contributed by atoms with Crippen molar-refractivity contribution in [3.8, 4) is 0 Å². The van der Waals surface area contributed by atoms with Crippen LogP contribution >= 0.6 is 0 Å². The lowest BCUT2D eigenvalue weighted by atomic mass is 10.0. The molecule has 26 heavy (non-hydrogen) atoms. The van der Waals surface area contributed by atoms with Crippen molar-refractivity contribution in [2.24, 2.45) is 5.41 Å². The number of hydrogen-bond donors (Lipinski definition) is 2. The van der Waals surface area contributed by atoms with Crippen LogP contribution in [0.4, 0.5) is 5.69 Å². The second kappa shape index (κ2) is 7.73. The van der Waals surface area contributed by atoms with Crippen molar-refractivity contribution in [1.82, 2.24) is 5.32 Å². The van der Waals surface area contributed by atoms with Gasteiger partial charge in [-0.3, -0.25) is 9.59 Å². The van der Waals surface area contributed by atoms with Crippen molar-refractivity contribution >= 4 is 17.5 Å². The maximum Gasteiger partial charge on any atom is 0.240 e. The Morgan fingerprint density at radius 2 is 1.73 bits per heavy atom. The van der Waals surface area contributed by atoms with Gasteiger partial charge in [0.2, 0.25) is 11.8 Å². The van der Waals surface area contributed by atoms with Gasteiger partial charge >= 0.3 is 0 Å². The first kappa shape index (κ1) is 18.2. The molecule has 0 atom stereocenters. The van der Waals surface area contributed by atoms with Gasteiger partial charge in [-0.1, -0.05) is 42.5 Å². The van der Waals surface area contributed by atoms with E-state index < -0.39 is 5.41 Å². The third-order valence-corrected chi connectivity index (χ3v) is 5.03. The van der Waals surface area contributed by atoms with Crippen molar-refractivity contribution in [3.63, 3.8) is 0 Å². The highest BCUT2D eigenvalue weighted by Crippen LogP contribution is 2.47. The van der Waals surface area contributed by atoms with Crippen LogP contribution in [-0.4, -0.2) is 18.4 Å². The third kappa shape index (κ3) is 4.13. The van der Waals surface area contributed by atoms with Crippen LogP contribution in [0.5, 0.6) is 0 Å². The SMILES string of the molecule is Cc1ccc(C)c(NC(=O)C2(C(=O)NCCCc3ccccc3)CC2)c1. The number of carbonyl (C=O) groups is 2. The van der Waals surface area contributed by atoms with Crippen LogP contribution in [0.2, 0.25) is 0 Å². The minimum atomic E-state index is -0.886. The average Bonchev–Trinajstić information content (AvgIpc) is 3.44. The Balaban J connectivity index is 1.51. The van der Waals surface area contributed by atoms with E-state index in [-0.39, 0.29) is 11.8 Å². The van der Waals surface area contributed by atoms with Gasteiger partial charge in [0.15, 0.2) is 0 Å². The van der Waals surface area contributed by atoms with E-state index in [1.807, 2.05) is 50.2 Å². The Morgan fingerprint density at radius 3 is 2.42 bits per heavy atom. The molecule has 1 aliphatic carbocycles. The Kier molecular flexibility index (Phi) is 5.40. The van der Waals surface area contributed by atoms with Crippen molar-refractivity contribution in [1.29, 1.82) is 0 Å². The summed E-state index contributed by atoms with van der Waals surface area (Å²) in [5.41, 5.74) is 3.25. The monoisotopic (exact) mass is 350 g/mol. The number of hydrogen-bond acceptors (Lipinski definition) is 2. The summed E-state index contributed by atoms with van der Waals surface area (Å²) in [5, 5.41) is 5.90. The van der Waals surface area contributed by atoms with E-state index in [1.54, 1.807) is 0 Å². The van der Waals surface area contributed by atoms with E-state index in [2.05, 4.69) is 22.8 Å². The van der Waals surface area contributed by atoms with Crippen molar-refractivity contribution in [2.45, 2.75) is 39.5 Å². The van der Waals surface area contributed by atoms with Crippen molar-refractivity contribution in [3.05, 3.63) is 65.2 Å². The maximum absolute atomic E-state index is 12.7. The molecule has 136 valence electrons. The zero-order valence-corrected chi connectivity index (χ0v) is 15.5. The number of carbonyl (C=O) groups excluding carboxylic acids is 2. The molecule has 2 aromatic carbocycles. The highest BCUT2D eigenvalue weighted by atomic mass is 16.2. The van der Waals surface area contributed by atoms with Gasteiger partial charge in [-0.25, -0.2) is 0 Å². The molecule has 1 fully saturated rings. The summed E-state index contributed by atoms with van der Waals surface area (Å²) >= 11 is 0. The van der Waals surface area contributed by atoms with Crippen molar-refractivity contribution < 1.29 is 9.59 Å². The summed E-state index contributed by atoms with van der Waals surface area (Å²) < 4.78 is 0. The van der Waals surface area contributed by atoms with Crippen LogP contribution in [0.3, 0.4) is 0 Å². The summed E-state index contributed by atoms with van der Waals surface area (Å²) in [6.07, 6.45) is 3.02. The predicted molar refractivity (Wildman–Crippen MR) is 104 cm³/mol. The van der Waals surface area contributed by atoms with Gasteiger partial charge in [0.25, 0.3) is 0 Å². The fourth-order valence-corrected chi connectivity index (χ4v) is 3.10. The second-order valence-electron chi connectivity index (χ2n) is 7.20. The average molecular weight is 350 g/mol. The molecule has 2 amide bonds. The first-order valence-electron chi connectivity index (χ1n) is 9.22. The molecule has 1 saturated carbocycles. The summed E-state index contributed by atoms with van der Waals surface area (Å²) in [7, 11) is 0. The van der Waals surface area contributed by atoms with E-state index >= 15 is 0 Å². The number of anilines is 1.